The molecule has 0 fully saturated rings. The van der Waals surface area contributed by atoms with Crippen molar-refractivity contribution in [2.45, 2.75) is 27.7 Å². The average molecular weight is 436 g/mol. The van der Waals surface area contributed by atoms with Crippen molar-refractivity contribution in [2.75, 3.05) is 0 Å². The maximum absolute atomic E-state index is 10.4. The summed E-state index contributed by atoms with van der Waals surface area (Å²) in [7, 11) is 0. The van der Waals surface area contributed by atoms with Gasteiger partial charge in [-0.05, 0) is 38.8 Å². The first-order valence-corrected chi connectivity index (χ1v) is 6.79. The number of aryl methyl sites for hydroxylation is 4. The smallest absolute Gasteiger partial charge is 0.545 e. The number of hydrogen-bond acceptors (Lipinski definition) is 4. The van der Waals surface area contributed by atoms with E-state index in [1.807, 2.05) is 26.0 Å². The van der Waals surface area contributed by atoms with Gasteiger partial charge in [0.25, 0.3) is 0 Å². The maximum atomic E-state index is 10.4. The molecule has 0 aliphatic carbocycles. The number of benzene rings is 2. The van der Waals surface area contributed by atoms with E-state index in [1.165, 1.54) is 0 Å². The van der Waals surface area contributed by atoms with Gasteiger partial charge in [0.2, 0.25) is 0 Å². The van der Waals surface area contributed by atoms with Crippen LogP contribution >= 0.6 is 0 Å². The number of carbonyl (C=O) groups excluding carboxylic acids is 2. The first-order chi connectivity index (χ1) is 10.2. The van der Waals surface area contributed by atoms with Crippen LogP contribution < -0.4 is 10.2 Å². The molecule has 0 saturated heterocycles. The molecule has 4 nitrogen and oxygen atoms in total. The van der Waals surface area contributed by atoms with Crippen molar-refractivity contribution in [3.05, 3.63) is 69.8 Å². The van der Waals surface area contributed by atoms with Gasteiger partial charge in [-0.15, -0.1) is 0 Å². The summed E-state index contributed by atoms with van der Waals surface area (Å²) in [5, 5.41) is 20.8. The van der Waals surface area contributed by atoms with E-state index in [1.54, 1.807) is 38.1 Å². The van der Waals surface area contributed by atoms with Crippen molar-refractivity contribution in [1.29, 1.82) is 0 Å². The van der Waals surface area contributed by atoms with Crippen LogP contribution in [0.1, 0.15) is 43.0 Å². The Morgan fingerprint density at radius 3 is 1.22 bits per heavy atom. The number of aromatic carboxylic acids is 2. The quantitative estimate of drug-likeness (QED) is 0.658. The Morgan fingerprint density at radius 2 is 1.00 bits per heavy atom. The molecule has 0 saturated carbocycles. The van der Waals surface area contributed by atoms with E-state index in [0.29, 0.717) is 0 Å². The minimum absolute atomic E-state index is 0. The summed E-state index contributed by atoms with van der Waals surface area (Å²) in [5.74, 6) is -2.22. The number of carboxylic acid groups (broad SMARTS) is 2. The van der Waals surface area contributed by atoms with Crippen LogP contribution in [0.3, 0.4) is 0 Å². The van der Waals surface area contributed by atoms with E-state index >= 15 is 0 Å². The number of carboxylic acids is 2. The predicted molar refractivity (Wildman–Crippen MR) is 86.2 cm³/mol. The van der Waals surface area contributed by atoms with Crippen LogP contribution in [-0.4, -0.2) is 60.8 Å². The van der Waals surface area contributed by atoms with E-state index in [0.717, 1.165) is 22.3 Å². The van der Waals surface area contributed by atoms with Crippen molar-refractivity contribution in [3.63, 3.8) is 0 Å². The molecule has 2 rings (SSSR count). The largest absolute Gasteiger partial charge is 2.00 e. The van der Waals surface area contributed by atoms with Crippen molar-refractivity contribution < 1.29 is 19.8 Å². The maximum Gasteiger partial charge on any atom is 2.00 e. The summed E-state index contributed by atoms with van der Waals surface area (Å²) in [5.41, 5.74) is 4.18. The van der Waals surface area contributed by atoms with Crippen molar-refractivity contribution in [1.82, 2.24) is 0 Å². The van der Waals surface area contributed by atoms with Crippen LogP contribution in [0.4, 0.5) is 0 Å². The zero-order chi connectivity index (χ0) is 16.9. The molecule has 2 aromatic rings. The predicted octanol–water partition coefficient (Wildman–Crippen LogP) is 0.953. The molecule has 0 N–H and O–H groups in total. The molecule has 0 amide bonds. The van der Waals surface area contributed by atoms with Crippen LogP contribution in [0, 0.1) is 27.7 Å². The second kappa shape index (κ2) is 9.95. The molecule has 2 aromatic carbocycles. The van der Waals surface area contributed by atoms with E-state index in [2.05, 4.69) is 0 Å². The van der Waals surface area contributed by atoms with Gasteiger partial charge >= 0.3 is 48.9 Å². The molecule has 5 heteroatoms. The van der Waals surface area contributed by atoms with Crippen LogP contribution in [0.15, 0.2) is 36.4 Å². The minimum atomic E-state index is -1.11. The van der Waals surface area contributed by atoms with Crippen molar-refractivity contribution >= 4 is 60.8 Å². The summed E-state index contributed by atoms with van der Waals surface area (Å²) >= 11 is 0. The summed E-state index contributed by atoms with van der Waals surface area (Å²) in [6, 6.07) is 10.3. The molecular formula is C18H18BaO4. The van der Waals surface area contributed by atoms with Gasteiger partial charge in [-0.25, -0.2) is 0 Å². The van der Waals surface area contributed by atoms with Crippen LogP contribution in [-0.2, 0) is 0 Å². The fourth-order valence-electron chi connectivity index (χ4n) is 2.09. The fourth-order valence-corrected chi connectivity index (χ4v) is 2.09. The SMILES string of the molecule is Cc1ccc(C(=O)[O-])c(C)c1.Cc1ccc(C(=O)[O-])c(C)c1.[Ba+2]. The molecule has 0 atom stereocenters. The third kappa shape index (κ3) is 6.93. The Morgan fingerprint density at radius 1 is 0.696 bits per heavy atom. The average Bonchev–Trinajstić information content (AvgIpc) is 2.38. The summed E-state index contributed by atoms with van der Waals surface area (Å²) in [4.78, 5) is 20.8. The van der Waals surface area contributed by atoms with Gasteiger partial charge in [0.05, 0.1) is 11.9 Å². The topological polar surface area (TPSA) is 80.3 Å². The van der Waals surface area contributed by atoms with Gasteiger partial charge < -0.3 is 19.8 Å². The van der Waals surface area contributed by atoms with Gasteiger partial charge in [-0.1, -0.05) is 47.5 Å². The molecule has 0 aliphatic rings. The Kier molecular flexibility index (Phi) is 9.50. The molecular weight excluding hydrogens is 418 g/mol. The molecule has 116 valence electrons. The molecule has 0 heterocycles. The Balaban J connectivity index is 0.000000403. The monoisotopic (exact) mass is 436 g/mol. The number of hydrogen-bond donors (Lipinski definition) is 0. The Bertz CT molecular complexity index is 647. The van der Waals surface area contributed by atoms with Crippen LogP contribution in [0.5, 0.6) is 0 Å². The summed E-state index contributed by atoms with van der Waals surface area (Å²) in [6.07, 6.45) is 0. The van der Waals surface area contributed by atoms with E-state index in [4.69, 9.17) is 0 Å². The van der Waals surface area contributed by atoms with Gasteiger partial charge in [-0.2, -0.15) is 0 Å². The summed E-state index contributed by atoms with van der Waals surface area (Å²) < 4.78 is 0. The Labute approximate surface area is 176 Å². The zero-order valence-corrected chi connectivity index (χ0v) is 18.2. The third-order valence-electron chi connectivity index (χ3n) is 3.20. The number of rotatable bonds is 2. The van der Waals surface area contributed by atoms with Crippen LogP contribution in [0.2, 0.25) is 0 Å². The van der Waals surface area contributed by atoms with Crippen molar-refractivity contribution in [3.8, 4) is 0 Å². The summed E-state index contributed by atoms with van der Waals surface area (Å²) in [6.45, 7) is 7.37. The Hall–Kier alpha value is -1.05. The van der Waals surface area contributed by atoms with E-state index < -0.39 is 11.9 Å². The minimum Gasteiger partial charge on any atom is -0.545 e. The molecule has 0 bridgehead atoms. The zero-order valence-electron chi connectivity index (χ0n) is 13.8. The fraction of sp³-hybridized carbons (Fsp3) is 0.222. The number of carbonyl (C=O) groups is 2. The third-order valence-corrected chi connectivity index (χ3v) is 3.20. The molecule has 0 aliphatic heterocycles. The van der Waals surface area contributed by atoms with Crippen molar-refractivity contribution in [2.24, 2.45) is 0 Å². The second-order valence-electron chi connectivity index (χ2n) is 5.21. The first kappa shape index (κ1) is 22.0. The van der Waals surface area contributed by atoms with E-state index in [9.17, 15) is 19.8 Å². The first-order valence-electron chi connectivity index (χ1n) is 6.79. The molecule has 0 aromatic heterocycles. The molecule has 0 unspecified atom stereocenters. The normalized spacial score (nSPS) is 9.22. The van der Waals surface area contributed by atoms with E-state index in [-0.39, 0.29) is 60.0 Å². The van der Waals surface area contributed by atoms with Gasteiger partial charge in [0, 0.05) is 11.1 Å². The van der Waals surface area contributed by atoms with Gasteiger partial charge in [-0.3, -0.25) is 0 Å². The van der Waals surface area contributed by atoms with Crippen LogP contribution in [0.25, 0.3) is 0 Å². The second-order valence-corrected chi connectivity index (χ2v) is 5.21. The standard InChI is InChI=1S/2C9H10O2.Ba/c2*1-6-3-4-8(9(10)11)7(2)5-6;/h2*3-5H,1-2H3,(H,10,11);/q;;+2/p-2. The van der Waals surface area contributed by atoms with Gasteiger partial charge in [0.15, 0.2) is 0 Å². The van der Waals surface area contributed by atoms with Gasteiger partial charge in [0.1, 0.15) is 0 Å². The molecule has 0 spiro atoms. The molecule has 23 heavy (non-hydrogen) atoms. The molecule has 0 radical (unpaired) electrons.